The summed E-state index contributed by atoms with van der Waals surface area (Å²) in [6, 6.07) is 8.35. The number of rotatable bonds is 6. The Morgan fingerprint density at radius 2 is 2.00 bits per heavy atom. The number of ether oxygens (including phenoxy) is 1. The molecule has 94 valence electrons. The Bertz CT molecular complexity index is 346. The van der Waals surface area contributed by atoms with Crippen LogP contribution in [-0.4, -0.2) is 31.6 Å². The third-order valence-corrected chi connectivity index (χ3v) is 2.86. The standard InChI is InChI=1S/C13H21N3O/c1-16(2)9-13(15-14)10-3-5-11(6-4-10)17-12-7-8-12/h3-6,12-13,15H,7-9,14H2,1-2H3. The van der Waals surface area contributed by atoms with Crippen LogP contribution in [0.5, 0.6) is 5.75 Å². The van der Waals surface area contributed by atoms with Gasteiger partial charge in [-0.05, 0) is 44.6 Å². The second-order valence-electron chi connectivity index (χ2n) is 4.87. The topological polar surface area (TPSA) is 50.5 Å². The fourth-order valence-electron chi connectivity index (χ4n) is 1.78. The van der Waals surface area contributed by atoms with Gasteiger partial charge in [0.1, 0.15) is 5.75 Å². The van der Waals surface area contributed by atoms with Crippen molar-refractivity contribution in [2.45, 2.75) is 25.0 Å². The number of hydrogen-bond acceptors (Lipinski definition) is 4. The van der Waals surface area contributed by atoms with Crippen LogP contribution in [0.3, 0.4) is 0 Å². The lowest BCUT2D eigenvalue weighted by Gasteiger charge is -2.20. The fraction of sp³-hybridized carbons (Fsp3) is 0.538. The van der Waals surface area contributed by atoms with Crippen molar-refractivity contribution in [3.63, 3.8) is 0 Å². The monoisotopic (exact) mass is 235 g/mol. The minimum Gasteiger partial charge on any atom is -0.490 e. The van der Waals surface area contributed by atoms with E-state index in [0.717, 1.165) is 12.3 Å². The van der Waals surface area contributed by atoms with E-state index in [1.807, 2.05) is 26.2 Å². The van der Waals surface area contributed by atoms with E-state index in [9.17, 15) is 0 Å². The molecule has 1 aromatic carbocycles. The minimum atomic E-state index is 0.153. The molecular weight excluding hydrogens is 214 g/mol. The van der Waals surface area contributed by atoms with Crippen LogP contribution in [0.15, 0.2) is 24.3 Å². The normalized spacial score (nSPS) is 17.2. The maximum Gasteiger partial charge on any atom is 0.119 e. The van der Waals surface area contributed by atoms with E-state index in [4.69, 9.17) is 10.6 Å². The zero-order chi connectivity index (χ0) is 12.3. The van der Waals surface area contributed by atoms with Crippen LogP contribution in [0.1, 0.15) is 24.4 Å². The van der Waals surface area contributed by atoms with Crippen molar-refractivity contribution in [2.75, 3.05) is 20.6 Å². The summed E-state index contributed by atoms with van der Waals surface area (Å²) in [4.78, 5) is 2.11. The number of hydrazine groups is 1. The number of nitrogens with zero attached hydrogens (tertiary/aromatic N) is 1. The Hall–Kier alpha value is -1.10. The fourth-order valence-corrected chi connectivity index (χ4v) is 1.78. The van der Waals surface area contributed by atoms with Gasteiger partial charge in [0.15, 0.2) is 0 Å². The van der Waals surface area contributed by atoms with Gasteiger partial charge in [0.2, 0.25) is 0 Å². The lowest BCUT2D eigenvalue weighted by molar-refractivity contribution is 0.302. The molecule has 2 rings (SSSR count). The van der Waals surface area contributed by atoms with E-state index in [2.05, 4.69) is 22.5 Å². The van der Waals surface area contributed by atoms with Crippen molar-refractivity contribution >= 4 is 0 Å². The third kappa shape index (κ3) is 3.70. The summed E-state index contributed by atoms with van der Waals surface area (Å²) in [6.07, 6.45) is 2.83. The average molecular weight is 235 g/mol. The third-order valence-electron chi connectivity index (χ3n) is 2.86. The summed E-state index contributed by atoms with van der Waals surface area (Å²) in [5, 5.41) is 0. The number of benzene rings is 1. The van der Waals surface area contributed by atoms with Crippen molar-refractivity contribution in [1.82, 2.24) is 10.3 Å². The first-order valence-electron chi connectivity index (χ1n) is 6.06. The first-order valence-corrected chi connectivity index (χ1v) is 6.06. The van der Waals surface area contributed by atoms with Gasteiger partial charge in [-0.25, -0.2) is 0 Å². The van der Waals surface area contributed by atoms with Gasteiger partial charge >= 0.3 is 0 Å². The molecule has 4 heteroatoms. The average Bonchev–Trinajstić information content (AvgIpc) is 3.11. The molecule has 1 aliphatic carbocycles. The zero-order valence-electron chi connectivity index (χ0n) is 10.5. The minimum absolute atomic E-state index is 0.153. The van der Waals surface area contributed by atoms with Gasteiger partial charge in [0.05, 0.1) is 12.1 Å². The molecule has 1 unspecified atom stereocenters. The number of hydrogen-bond donors (Lipinski definition) is 2. The molecule has 1 atom stereocenters. The SMILES string of the molecule is CN(C)CC(NN)c1ccc(OC2CC2)cc1. The maximum absolute atomic E-state index is 5.71. The molecule has 0 spiro atoms. The molecule has 0 heterocycles. The lowest BCUT2D eigenvalue weighted by atomic mass is 10.1. The van der Waals surface area contributed by atoms with E-state index in [1.54, 1.807) is 0 Å². The Labute approximate surface area is 103 Å². The van der Waals surface area contributed by atoms with E-state index in [0.29, 0.717) is 6.10 Å². The first kappa shape index (κ1) is 12.4. The van der Waals surface area contributed by atoms with Gasteiger partial charge in [-0.15, -0.1) is 0 Å². The van der Waals surface area contributed by atoms with E-state index < -0.39 is 0 Å². The van der Waals surface area contributed by atoms with E-state index in [1.165, 1.54) is 18.4 Å². The molecule has 1 saturated carbocycles. The smallest absolute Gasteiger partial charge is 0.119 e. The highest BCUT2D eigenvalue weighted by Crippen LogP contribution is 2.27. The Morgan fingerprint density at radius 1 is 1.35 bits per heavy atom. The van der Waals surface area contributed by atoms with Crippen LogP contribution >= 0.6 is 0 Å². The van der Waals surface area contributed by atoms with Gasteiger partial charge in [-0.1, -0.05) is 12.1 Å². The summed E-state index contributed by atoms with van der Waals surface area (Å²) >= 11 is 0. The second-order valence-corrected chi connectivity index (χ2v) is 4.87. The number of nitrogens with two attached hydrogens (primary N) is 1. The summed E-state index contributed by atoms with van der Waals surface area (Å²) < 4.78 is 5.71. The molecular formula is C13H21N3O. The Kier molecular flexibility index (Phi) is 3.99. The molecule has 0 amide bonds. The molecule has 0 aromatic heterocycles. The van der Waals surface area contributed by atoms with Crippen LogP contribution in [0, 0.1) is 0 Å². The predicted octanol–water partition coefficient (Wildman–Crippen LogP) is 1.29. The van der Waals surface area contributed by atoms with Gasteiger partial charge in [0, 0.05) is 6.54 Å². The van der Waals surface area contributed by atoms with Crippen LogP contribution in [0.4, 0.5) is 0 Å². The highest BCUT2D eigenvalue weighted by molar-refractivity contribution is 5.29. The molecule has 1 fully saturated rings. The second kappa shape index (κ2) is 5.49. The quantitative estimate of drug-likeness (QED) is 0.576. The van der Waals surface area contributed by atoms with Crippen molar-refractivity contribution in [3.05, 3.63) is 29.8 Å². The summed E-state index contributed by atoms with van der Waals surface area (Å²) in [5.74, 6) is 6.53. The molecule has 17 heavy (non-hydrogen) atoms. The van der Waals surface area contributed by atoms with Gasteiger partial charge in [-0.3, -0.25) is 11.3 Å². The van der Waals surface area contributed by atoms with Gasteiger partial charge in [-0.2, -0.15) is 0 Å². The highest BCUT2D eigenvalue weighted by Gasteiger charge is 2.23. The van der Waals surface area contributed by atoms with Crippen LogP contribution < -0.4 is 16.0 Å². The van der Waals surface area contributed by atoms with Crippen molar-refractivity contribution in [3.8, 4) is 5.75 Å². The van der Waals surface area contributed by atoms with Crippen molar-refractivity contribution in [1.29, 1.82) is 0 Å². The van der Waals surface area contributed by atoms with Crippen LogP contribution in [0.25, 0.3) is 0 Å². The zero-order valence-corrected chi connectivity index (χ0v) is 10.5. The molecule has 0 radical (unpaired) electrons. The molecule has 1 aliphatic rings. The largest absolute Gasteiger partial charge is 0.490 e. The van der Waals surface area contributed by atoms with Gasteiger partial charge in [0.25, 0.3) is 0 Å². The van der Waals surface area contributed by atoms with Crippen LogP contribution in [-0.2, 0) is 0 Å². The molecule has 3 N–H and O–H groups in total. The lowest BCUT2D eigenvalue weighted by Crippen LogP contribution is -2.35. The molecule has 4 nitrogen and oxygen atoms in total. The Morgan fingerprint density at radius 3 is 2.47 bits per heavy atom. The van der Waals surface area contributed by atoms with Crippen molar-refractivity contribution < 1.29 is 4.74 Å². The molecule has 0 bridgehead atoms. The summed E-state index contributed by atoms with van der Waals surface area (Å²) in [5.41, 5.74) is 4.02. The number of nitrogens with one attached hydrogen (secondary N) is 1. The van der Waals surface area contributed by atoms with Gasteiger partial charge < -0.3 is 9.64 Å². The predicted molar refractivity (Wildman–Crippen MR) is 68.7 cm³/mol. The van der Waals surface area contributed by atoms with E-state index in [-0.39, 0.29) is 6.04 Å². The van der Waals surface area contributed by atoms with E-state index >= 15 is 0 Å². The molecule has 1 aromatic rings. The van der Waals surface area contributed by atoms with Crippen LogP contribution in [0.2, 0.25) is 0 Å². The highest BCUT2D eigenvalue weighted by atomic mass is 16.5. The Balaban J connectivity index is 1.98. The number of likely N-dealkylation sites (N-methyl/N-ethyl adjacent to an activating group) is 1. The van der Waals surface area contributed by atoms with Crippen molar-refractivity contribution in [2.24, 2.45) is 5.84 Å². The molecule has 0 saturated heterocycles. The maximum atomic E-state index is 5.71. The molecule has 0 aliphatic heterocycles. The summed E-state index contributed by atoms with van der Waals surface area (Å²) in [6.45, 7) is 0.874. The first-order chi connectivity index (χ1) is 8.19. The summed E-state index contributed by atoms with van der Waals surface area (Å²) in [7, 11) is 4.07.